The van der Waals surface area contributed by atoms with Crippen LogP contribution in [0.5, 0.6) is 0 Å². The molecule has 0 aromatic carbocycles. The van der Waals surface area contributed by atoms with Crippen LogP contribution in [-0.4, -0.2) is 23.8 Å². The number of carboxylic acids is 1. The van der Waals surface area contributed by atoms with Crippen LogP contribution >= 0.6 is 0 Å². The zero-order valence-corrected chi connectivity index (χ0v) is 12.1. The van der Waals surface area contributed by atoms with E-state index in [2.05, 4.69) is 13.8 Å². The van der Waals surface area contributed by atoms with Crippen LogP contribution in [0.1, 0.15) is 52.4 Å². The standard InChI is InChI=1S/C16H26O3/c1-10-3-6-13(9-11(10)2)16(15(17)18)7-8-19-14(16)12-4-5-12/h10-14H,3-9H2,1-2H3,(H,17,18). The third kappa shape index (κ3) is 2.10. The molecule has 2 aliphatic carbocycles. The quantitative estimate of drug-likeness (QED) is 0.852. The highest BCUT2D eigenvalue weighted by molar-refractivity contribution is 5.76. The van der Waals surface area contributed by atoms with Crippen molar-refractivity contribution < 1.29 is 14.6 Å². The molecule has 0 radical (unpaired) electrons. The van der Waals surface area contributed by atoms with E-state index in [0.717, 1.165) is 25.2 Å². The molecule has 3 heteroatoms. The molecule has 19 heavy (non-hydrogen) atoms. The van der Waals surface area contributed by atoms with E-state index in [1.165, 1.54) is 19.3 Å². The molecule has 1 aliphatic heterocycles. The zero-order valence-electron chi connectivity index (χ0n) is 12.1. The van der Waals surface area contributed by atoms with Gasteiger partial charge in [-0.05, 0) is 55.8 Å². The topological polar surface area (TPSA) is 46.5 Å². The Labute approximate surface area is 115 Å². The van der Waals surface area contributed by atoms with Gasteiger partial charge in [0.2, 0.25) is 0 Å². The Morgan fingerprint density at radius 3 is 2.47 bits per heavy atom. The fourth-order valence-electron chi connectivity index (χ4n) is 4.46. The van der Waals surface area contributed by atoms with E-state index in [1.807, 2.05) is 0 Å². The molecule has 1 saturated heterocycles. The SMILES string of the molecule is CC1CCC(C2(C(=O)O)CCOC2C2CC2)CC1C. The Bertz CT molecular complexity index is 363. The molecule has 5 unspecified atom stereocenters. The van der Waals surface area contributed by atoms with Crippen LogP contribution in [0.4, 0.5) is 0 Å². The maximum absolute atomic E-state index is 12.1. The Morgan fingerprint density at radius 1 is 1.16 bits per heavy atom. The first kappa shape index (κ1) is 13.4. The lowest BCUT2D eigenvalue weighted by Gasteiger charge is -2.43. The van der Waals surface area contributed by atoms with Gasteiger partial charge in [0, 0.05) is 6.61 Å². The van der Waals surface area contributed by atoms with Gasteiger partial charge in [-0.25, -0.2) is 0 Å². The molecule has 3 fully saturated rings. The third-order valence-electron chi connectivity index (χ3n) is 6.10. The second-order valence-electron chi connectivity index (χ2n) is 7.19. The molecule has 0 amide bonds. The highest BCUT2D eigenvalue weighted by Gasteiger charge is 2.60. The predicted octanol–water partition coefficient (Wildman–Crippen LogP) is 3.33. The summed E-state index contributed by atoms with van der Waals surface area (Å²) in [6.45, 7) is 5.24. The second kappa shape index (κ2) is 4.76. The zero-order chi connectivity index (χ0) is 13.6. The lowest BCUT2D eigenvalue weighted by molar-refractivity contribution is -0.160. The van der Waals surface area contributed by atoms with Gasteiger partial charge in [0.15, 0.2) is 0 Å². The molecule has 0 spiro atoms. The summed E-state index contributed by atoms with van der Waals surface area (Å²) in [6, 6.07) is 0. The Kier molecular flexibility index (Phi) is 3.36. The van der Waals surface area contributed by atoms with Crippen molar-refractivity contribution in [3.05, 3.63) is 0 Å². The minimum Gasteiger partial charge on any atom is -0.481 e. The lowest BCUT2D eigenvalue weighted by Crippen LogP contribution is -2.48. The number of aliphatic carboxylic acids is 1. The highest BCUT2D eigenvalue weighted by atomic mass is 16.5. The van der Waals surface area contributed by atoms with E-state index in [4.69, 9.17) is 4.74 Å². The number of rotatable bonds is 3. The van der Waals surface area contributed by atoms with Gasteiger partial charge in [-0.3, -0.25) is 4.79 Å². The lowest BCUT2D eigenvalue weighted by atomic mass is 9.60. The number of hydrogen-bond acceptors (Lipinski definition) is 2. The van der Waals surface area contributed by atoms with Gasteiger partial charge in [-0.1, -0.05) is 20.3 Å². The van der Waals surface area contributed by atoms with Gasteiger partial charge in [0.25, 0.3) is 0 Å². The predicted molar refractivity (Wildman–Crippen MR) is 72.8 cm³/mol. The van der Waals surface area contributed by atoms with Crippen molar-refractivity contribution in [3.8, 4) is 0 Å². The van der Waals surface area contributed by atoms with Gasteiger partial charge >= 0.3 is 5.97 Å². The highest BCUT2D eigenvalue weighted by Crippen LogP contribution is 2.55. The molecule has 2 saturated carbocycles. The Morgan fingerprint density at radius 2 is 1.89 bits per heavy atom. The summed E-state index contributed by atoms with van der Waals surface area (Å²) in [5.74, 6) is 1.64. The minimum atomic E-state index is -0.589. The van der Waals surface area contributed by atoms with E-state index in [0.29, 0.717) is 24.4 Å². The van der Waals surface area contributed by atoms with E-state index >= 15 is 0 Å². The fraction of sp³-hybridized carbons (Fsp3) is 0.938. The van der Waals surface area contributed by atoms with E-state index in [-0.39, 0.29) is 6.10 Å². The van der Waals surface area contributed by atoms with Crippen LogP contribution in [0.2, 0.25) is 0 Å². The number of ether oxygens (including phenoxy) is 1. The van der Waals surface area contributed by atoms with Crippen LogP contribution in [0.15, 0.2) is 0 Å². The summed E-state index contributed by atoms with van der Waals surface area (Å²) >= 11 is 0. The minimum absolute atomic E-state index is 0.00407. The molecule has 0 aromatic heterocycles. The normalized spacial score (nSPS) is 47.3. The molecule has 108 valence electrons. The second-order valence-corrected chi connectivity index (χ2v) is 7.19. The molecule has 3 rings (SSSR count). The largest absolute Gasteiger partial charge is 0.481 e. The van der Waals surface area contributed by atoms with Gasteiger partial charge in [0.1, 0.15) is 0 Å². The van der Waals surface area contributed by atoms with Crippen LogP contribution in [0, 0.1) is 29.1 Å². The van der Waals surface area contributed by atoms with E-state index in [1.54, 1.807) is 0 Å². The molecular weight excluding hydrogens is 240 g/mol. The Hall–Kier alpha value is -0.570. The van der Waals surface area contributed by atoms with Crippen molar-refractivity contribution in [2.24, 2.45) is 29.1 Å². The van der Waals surface area contributed by atoms with Crippen molar-refractivity contribution in [3.63, 3.8) is 0 Å². The summed E-state index contributed by atoms with van der Waals surface area (Å²) in [4.78, 5) is 12.1. The molecule has 0 bridgehead atoms. The first-order valence-corrected chi connectivity index (χ1v) is 7.90. The molecule has 0 aromatic rings. The summed E-state index contributed by atoms with van der Waals surface area (Å²) in [5.41, 5.74) is -0.574. The summed E-state index contributed by atoms with van der Waals surface area (Å²) < 4.78 is 5.89. The average Bonchev–Trinajstić information content (AvgIpc) is 3.11. The third-order valence-corrected chi connectivity index (χ3v) is 6.10. The smallest absolute Gasteiger partial charge is 0.312 e. The van der Waals surface area contributed by atoms with Crippen molar-refractivity contribution in [1.82, 2.24) is 0 Å². The maximum Gasteiger partial charge on any atom is 0.312 e. The molecule has 1 heterocycles. The number of carbonyl (C=O) groups is 1. The maximum atomic E-state index is 12.1. The van der Waals surface area contributed by atoms with Crippen molar-refractivity contribution in [1.29, 1.82) is 0 Å². The monoisotopic (exact) mass is 266 g/mol. The molecule has 3 nitrogen and oxygen atoms in total. The summed E-state index contributed by atoms with van der Waals surface area (Å²) in [5, 5.41) is 9.94. The Balaban J connectivity index is 1.85. The molecular formula is C16H26O3. The molecule has 5 atom stereocenters. The van der Waals surface area contributed by atoms with E-state index < -0.39 is 11.4 Å². The molecule has 1 N–H and O–H groups in total. The van der Waals surface area contributed by atoms with Gasteiger partial charge in [-0.15, -0.1) is 0 Å². The van der Waals surface area contributed by atoms with E-state index in [9.17, 15) is 9.90 Å². The van der Waals surface area contributed by atoms with Crippen molar-refractivity contribution >= 4 is 5.97 Å². The van der Waals surface area contributed by atoms with Gasteiger partial charge in [0.05, 0.1) is 11.5 Å². The summed E-state index contributed by atoms with van der Waals surface area (Å²) in [7, 11) is 0. The van der Waals surface area contributed by atoms with Gasteiger partial charge < -0.3 is 9.84 Å². The van der Waals surface area contributed by atoms with Crippen LogP contribution in [-0.2, 0) is 9.53 Å². The first-order valence-electron chi connectivity index (χ1n) is 7.90. The summed E-state index contributed by atoms with van der Waals surface area (Å²) in [6.07, 6.45) is 6.38. The first-order chi connectivity index (χ1) is 9.05. The molecule has 3 aliphatic rings. The number of hydrogen-bond donors (Lipinski definition) is 1. The van der Waals surface area contributed by atoms with Crippen molar-refractivity contribution in [2.45, 2.75) is 58.5 Å². The average molecular weight is 266 g/mol. The number of carboxylic acid groups (broad SMARTS) is 1. The van der Waals surface area contributed by atoms with Crippen LogP contribution in [0.25, 0.3) is 0 Å². The van der Waals surface area contributed by atoms with Gasteiger partial charge in [-0.2, -0.15) is 0 Å². The van der Waals surface area contributed by atoms with Crippen molar-refractivity contribution in [2.75, 3.05) is 6.61 Å². The fourth-order valence-corrected chi connectivity index (χ4v) is 4.46. The van der Waals surface area contributed by atoms with Crippen LogP contribution < -0.4 is 0 Å². The van der Waals surface area contributed by atoms with Crippen LogP contribution in [0.3, 0.4) is 0 Å².